The fourth-order valence-corrected chi connectivity index (χ4v) is 4.59. The van der Waals surface area contributed by atoms with Gasteiger partial charge in [-0.05, 0) is 68.7 Å². The molecule has 0 spiro atoms. The van der Waals surface area contributed by atoms with Crippen molar-refractivity contribution < 1.29 is 4.79 Å². The topological polar surface area (TPSA) is 46.3 Å². The highest BCUT2D eigenvalue weighted by Crippen LogP contribution is 2.61. The molecule has 1 amide bonds. The summed E-state index contributed by atoms with van der Waals surface area (Å²) in [6.45, 7) is 6.74. The number of aryl methyl sites for hydroxylation is 1. The van der Waals surface area contributed by atoms with E-state index in [1.165, 1.54) is 17.5 Å². The maximum Gasteiger partial charge on any atom is 0.224 e. The van der Waals surface area contributed by atoms with Gasteiger partial charge < -0.3 is 10.6 Å². The molecular formula is C19H28N2O. The number of hydrogen-bond acceptors (Lipinski definition) is 2. The maximum absolute atomic E-state index is 12.2. The molecule has 1 saturated heterocycles. The zero-order chi connectivity index (χ0) is 15.9. The number of piperidine rings is 1. The van der Waals surface area contributed by atoms with Crippen LogP contribution in [0, 0.1) is 30.1 Å². The third-order valence-electron chi connectivity index (χ3n) is 6.08. The van der Waals surface area contributed by atoms with E-state index >= 15 is 0 Å². The van der Waals surface area contributed by atoms with Gasteiger partial charge in [0.2, 0.25) is 5.91 Å². The van der Waals surface area contributed by atoms with Crippen LogP contribution < -0.4 is 5.73 Å². The van der Waals surface area contributed by atoms with Gasteiger partial charge in [-0.15, -0.1) is 0 Å². The predicted molar refractivity (Wildman–Crippen MR) is 89.4 cm³/mol. The number of nitrogens with zero attached hydrogens (tertiary/aromatic N) is 1. The molecule has 22 heavy (non-hydrogen) atoms. The quantitative estimate of drug-likeness (QED) is 0.929. The van der Waals surface area contributed by atoms with Gasteiger partial charge in [0.1, 0.15) is 0 Å². The van der Waals surface area contributed by atoms with E-state index in [4.69, 9.17) is 5.73 Å². The number of carbonyl (C=O) groups is 1. The van der Waals surface area contributed by atoms with Crippen LogP contribution in [-0.2, 0) is 11.2 Å². The van der Waals surface area contributed by atoms with E-state index in [-0.39, 0.29) is 11.3 Å². The lowest BCUT2D eigenvalue weighted by Crippen LogP contribution is -2.40. The van der Waals surface area contributed by atoms with Crippen molar-refractivity contribution in [3.05, 3.63) is 35.4 Å². The lowest BCUT2D eigenvalue weighted by Gasteiger charge is -2.36. The SMILES string of the molecule is Cc1ccccc1CC1(C(N)=O)CC1[C@@H]1CCN(C)C[C@H]1C. The molecule has 0 bridgehead atoms. The van der Waals surface area contributed by atoms with Crippen LogP contribution in [0.15, 0.2) is 24.3 Å². The summed E-state index contributed by atoms with van der Waals surface area (Å²) < 4.78 is 0. The summed E-state index contributed by atoms with van der Waals surface area (Å²) in [4.78, 5) is 14.6. The van der Waals surface area contributed by atoms with Crippen molar-refractivity contribution in [2.75, 3.05) is 20.1 Å². The maximum atomic E-state index is 12.2. The van der Waals surface area contributed by atoms with Crippen LogP contribution in [0.1, 0.15) is 30.9 Å². The number of amides is 1. The lowest BCUT2D eigenvalue weighted by molar-refractivity contribution is -0.124. The molecule has 2 aliphatic rings. The summed E-state index contributed by atoms with van der Waals surface area (Å²) in [6, 6.07) is 8.39. The van der Waals surface area contributed by atoms with Gasteiger partial charge in [0.25, 0.3) is 0 Å². The second-order valence-corrected chi connectivity index (χ2v) is 7.63. The highest BCUT2D eigenvalue weighted by molar-refractivity contribution is 5.85. The minimum absolute atomic E-state index is 0.0909. The summed E-state index contributed by atoms with van der Waals surface area (Å²) in [5.41, 5.74) is 8.11. The first-order valence-corrected chi connectivity index (χ1v) is 8.47. The van der Waals surface area contributed by atoms with Crippen molar-refractivity contribution in [2.45, 2.75) is 33.1 Å². The van der Waals surface area contributed by atoms with Crippen LogP contribution in [0.3, 0.4) is 0 Å². The van der Waals surface area contributed by atoms with Crippen LogP contribution in [0.25, 0.3) is 0 Å². The highest BCUT2D eigenvalue weighted by atomic mass is 16.1. The molecule has 0 aromatic heterocycles. The average molecular weight is 300 g/mol. The molecule has 4 atom stereocenters. The van der Waals surface area contributed by atoms with Crippen molar-refractivity contribution in [2.24, 2.45) is 28.9 Å². The molecule has 1 aromatic rings. The molecule has 3 nitrogen and oxygen atoms in total. The summed E-state index contributed by atoms with van der Waals surface area (Å²) in [5, 5.41) is 0. The summed E-state index contributed by atoms with van der Waals surface area (Å²) in [6.07, 6.45) is 3.00. The fraction of sp³-hybridized carbons (Fsp3) is 0.632. The van der Waals surface area contributed by atoms with Gasteiger partial charge in [-0.25, -0.2) is 0 Å². The molecule has 1 aromatic carbocycles. The van der Waals surface area contributed by atoms with Gasteiger partial charge in [0.05, 0.1) is 5.41 Å². The van der Waals surface area contributed by atoms with E-state index in [1.54, 1.807) is 0 Å². The van der Waals surface area contributed by atoms with Crippen molar-refractivity contribution in [1.82, 2.24) is 4.90 Å². The monoisotopic (exact) mass is 300 g/mol. The first kappa shape index (κ1) is 15.5. The smallest absolute Gasteiger partial charge is 0.224 e. The van der Waals surface area contributed by atoms with E-state index in [2.05, 4.69) is 50.1 Å². The van der Waals surface area contributed by atoms with Gasteiger partial charge >= 0.3 is 0 Å². The summed E-state index contributed by atoms with van der Waals surface area (Å²) in [7, 11) is 2.19. The molecule has 2 N–H and O–H groups in total. The Bertz CT molecular complexity index is 570. The fourth-order valence-electron chi connectivity index (χ4n) is 4.59. The number of likely N-dealkylation sites (tertiary alicyclic amines) is 1. The Labute approximate surface area is 133 Å². The molecular weight excluding hydrogens is 272 g/mol. The van der Waals surface area contributed by atoms with Crippen molar-refractivity contribution >= 4 is 5.91 Å². The molecule has 3 heteroatoms. The number of rotatable bonds is 4. The van der Waals surface area contributed by atoms with E-state index in [0.717, 1.165) is 25.9 Å². The molecule has 1 saturated carbocycles. The van der Waals surface area contributed by atoms with Gasteiger partial charge in [0.15, 0.2) is 0 Å². The third-order valence-corrected chi connectivity index (χ3v) is 6.08. The van der Waals surface area contributed by atoms with Crippen molar-refractivity contribution in [3.63, 3.8) is 0 Å². The largest absolute Gasteiger partial charge is 0.369 e. The first-order valence-electron chi connectivity index (χ1n) is 8.47. The molecule has 2 unspecified atom stereocenters. The van der Waals surface area contributed by atoms with Gasteiger partial charge in [-0.2, -0.15) is 0 Å². The van der Waals surface area contributed by atoms with Crippen LogP contribution in [-0.4, -0.2) is 30.9 Å². The summed E-state index contributed by atoms with van der Waals surface area (Å²) in [5.74, 6) is 1.69. The minimum atomic E-state index is -0.291. The summed E-state index contributed by atoms with van der Waals surface area (Å²) >= 11 is 0. The van der Waals surface area contributed by atoms with Crippen molar-refractivity contribution in [3.8, 4) is 0 Å². The van der Waals surface area contributed by atoms with Crippen LogP contribution in [0.2, 0.25) is 0 Å². The molecule has 3 rings (SSSR count). The molecule has 1 heterocycles. The Hall–Kier alpha value is -1.35. The number of primary amides is 1. The van der Waals surface area contributed by atoms with Crippen LogP contribution >= 0.6 is 0 Å². The molecule has 0 radical (unpaired) electrons. The highest BCUT2D eigenvalue weighted by Gasteiger charge is 2.62. The van der Waals surface area contributed by atoms with Crippen LogP contribution in [0.5, 0.6) is 0 Å². The number of carbonyl (C=O) groups excluding carboxylic acids is 1. The molecule has 120 valence electrons. The number of hydrogen-bond donors (Lipinski definition) is 1. The zero-order valence-electron chi connectivity index (χ0n) is 14.0. The zero-order valence-corrected chi connectivity index (χ0v) is 14.0. The number of nitrogens with two attached hydrogens (primary N) is 1. The van der Waals surface area contributed by atoms with Gasteiger partial charge in [-0.1, -0.05) is 31.2 Å². The Kier molecular flexibility index (Phi) is 4.02. The lowest BCUT2D eigenvalue weighted by atomic mass is 9.78. The van der Waals surface area contributed by atoms with Gasteiger partial charge in [0, 0.05) is 6.54 Å². The third kappa shape index (κ3) is 2.67. The molecule has 2 fully saturated rings. The number of benzene rings is 1. The van der Waals surface area contributed by atoms with Crippen LogP contribution in [0.4, 0.5) is 0 Å². The minimum Gasteiger partial charge on any atom is -0.369 e. The Balaban J connectivity index is 1.78. The van der Waals surface area contributed by atoms with E-state index in [0.29, 0.717) is 17.8 Å². The second kappa shape index (κ2) is 5.69. The average Bonchev–Trinajstić information content (AvgIpc) is 3.17. The first-order chi connectivity index (χ1) is 10.4. The normalized spacial score (nSPS) is 35.3. The van der Waals surface area contributed by atoms with E-state index < -0.39 is 0 Å². The second-order valence-electron chi connectivity index (χ2n) is 7.63. The van der Waals surface area contributed by atoms with E-state index in [9.17, 15) is 4.79 Å². The Morgan fingerprint density at radius 2 is 2.14 bits per heavy atom. The van der Waals surface area contributed by atoms with Crippen molar-refractivity contribution in [1.29, 1.82) is 0 Å². The predicted octanol–water partition coefficient (Wildman–Crippen LogP) is 2.62. The Morgan fingerprint density at radius 3 is 2.77 bits per heavy atom. The van der Waals surface area contributed by atoms with Gasteiger partial charge in [-0.3, -0.25) is 4.79 Å². The molecule has 1 aliphatic heterocycles. The molecule has 1 aliphatic carbocycles. The Morgan fingerprint density at radius 1 is 1.41 bits per heavy atom. The standard InChI is InChI=1S/C19H28N2O/c1-13-6-4-5-7-15(13)10-19(18(20)22)11-17(19)16-8-9-21(3)12-14(16)2/h4-7,14,16-17H,8-12H2,1-3H3,(H2,20,22)/t14-,16-,17?,19?/m1/s1. The van der Waals surface area contributed by atoms with E-state index in [1.807, 2.05) is 0 Å².